The Bertz CT molecular complexity index is 202. The zero-order chi connectivity index (χ0) is 10.6. The highest BCUT2D eigenvalue weighted by Gasteiger charge is 1.86. The Morgan fingerprint density at radius 1 is 1.50 bits per heavy atom. The van der Waals surface area contributed by atoms with Gasteiger partial charge in [-0.25, -0.2) is 0 Å². The summed E-state index contributed by atoms with van der Waals surface area (Å²) < 4.78 is 6.70. The van der Waals surface area contributed by atoms with Crippen LogP contribution in [0.4, 0.5) is 0 Å². The molecule has 0 heterocycles. The lowest BCUT2D eigenvalue weighted by Gasteiger charge is -2.01. The summed E-state index contributed by atoms with van der Waals surface area (Å²) in [5.41, 5.74) is 0. The molecule has 0 bridgehead atoms. The van der Waals surface area contributed by atoms with Crippen molar-refractivity contribution < 1.29 is 4.74 Å². The van der Waals surface area contributed by atoms with E-state index in [0.29, 0.717) is 0 Å². The maximum atomic E-state index is 5.32. The van der Waals surface area contributed by atoms with Gasteiger partial charge in [0.05, 0.1) is 6.61 Å². The molecule has 1 nitrogen and oxygen atoms in total. The molecule has 0 fully saturated rings. The molecule has 0 aliphatic carbocycles. The van der Waals surface area contributed by atoms with Gasteiger partial charge in [-0.05, 0) is 24.6 Å². The summed E-state index contributed by atoms with van der Waals surface area (Å²) in [4.78, 5) is 0. The lowest BCUT2D eigenvalue weighted by molar-refractivity contribution is 0.317. The largest absolute Gasteiger partial charge is 0.494 e. The normalized spacial score (nSPS) is 8.21. The van der Waals surface area contributed by atoms with Gasteiger partial charge in [0, 0.05) is 0 Å². The molecule has 0 aliphatic rings. The van der Waals surface area contributed by atoms with Crippen LogP contribution in [0.5, 0.6) is 5.75 Å². The molecule has 75 valence electrons. The van der Waals surface area contributed by atoms with Crippen molar-refractivity contribution in [2.24, 2.45) is 0 Å². The Labute approximate surface area is 103 Å². The van der Waals surface area contributed by atoms with Crippen LogP contribution in [0.3, 0.4) is 0 Å². The van der Waals surface area contributed by atoms with Crippen LogP contribution in [0.1, 0.15) is 20.3 Å². The van der Waals surface area contributed by atoms with Crippen molar-refractivity contribution in [2.75, 3.05) is 6.61 Å². The summed E-state index contributed by atoms with van der Waals surface area (Å²) in [6.45, 7) is 5.07. The molecule has 1 aromatic rings. The van der Waals surface area contributed by atoms with E-state index in [1.54, 1.807) is 0 Å². The molecule has 0 N–H and O–H groups in total. The van der Waals surface area contributed by atoms with E-state index in [-0.39, 0.29) is 18.2 Å². The lowest BCUT2D eigenvalue weighted by atomic mass is 10.3. The Morgan fingerprint density at radius 3 is 2.64 bits per heavy atom. The molecule has 0 atom stereocenters. The molecule has 1 radical (unpaired) electrons. The Hall–Kier alpha value is 0.266. The highest BCUT2D eigenvalue weighted by atomic mass is 79.9. The van der Waals surface area contributed by atoms with Crippen molar-refractivity contribution in [1.82, 2.24) is 0 Å². The van der Waals surface area contributed by atoms with Gasteiger partial charge in [0.15, 0.2) is 0 Å². The number of rotatable bonds is 4. The highest BCUT2D eigenvalue weighted by Crippen LogP contribution is 2.07. The summed E-state index contributed by atoms with van der Waals surface area (Å²) in [6, 6.07) is 10.5. The van der Waals surface area contributed by atoms with Crippen LogP contribution in [0, 0.1) is 6.07 Å². The van der Waals surface area contributed by atoms with Gasteiger partial charge in [-0.2, -0.15) is 0 Å². The first-order chi connectivity index (χ1) is 6.85. The second kappa shape index (κ2) is 11.3. The topological polar surface area (TPSA) is 9.23 Å². The van der Waals surface area contributed by atoms with Crippen LogP contribution in [-0.4, -0.2) is 24.8 Å². The molecular weight excluding hydrogens is 252 g/mol. The number of ether oxygens (including phenoxy) is 1. The molecule has 0 aromatic heterocycles. The van der Waals surface area contributed by atoms with Crippen LogP contribution in [0.15, 0.2) is 24.3 Å². The van der Waals surface area contributed by atoms with Gasteiger partial charge >= 0.3 is 18.2 Å². The van der Waals surface area contributed by atoms with Crippen LogP contribution >= 0.6 is 12.9 Å². The fourth-order valence-corrected chi connectivity index (χ4v) is 0.687. The van der Waals surface area contributed by atoms with Gasteiger partial charge in [0.2, 0.25) is 0 Å². The van der Waals surface area contributed by atoms with E-state index < -0.39 is 0 Å². The lowest BCUT2D eigenvalue weighted by Crippen LogP contribution is -1.93. The molecule has 3 heteroatoms. The van der Waals surface area contributed by atoms with Gasteiger partial charge in [-0.1, -0.05) is 26.0 Å². The quantitative estimate of drug-likeness (QED) is 0.756. The van der Waals surface area contributed by atoms with Crippen molar-refractivity contribution in [3.63, 3.8) is 0 Å². The maximum Gasteiger partial charge on any atom is 0.468 e. The van der Waals surface area contributed by atoms with Gasteiger partial charge in [-0.15, -0.1) is 4.55 Å². The fourth-order valence-electron chi connectivity index (χ4n) is 0.687. The first-order valence-corrected chi connectivity index (χ1v) is 9.89. The van der Waals surface area contributed by atoms with E-state index in [2.05, 4.69) is 32.8 Å². The molecule has 1 aromatic carbocycles. The Morgan fingerprint density at radius 2 is 2.21 bits per heavy atom. The molecule has 14 heavy (non-hydrogen) atoms. The zero-order valence-corrected chi connectivity index (χ0v) is 11.9. The summed E-state index contributed by atoms with van der Waals surface area (Å²) in [5.74, 6) is 0.907. The molecule has 1 rings (SSSR count). The van der Waals surface area contributed by atoms with E-state index in [1.807, 2.05) is 24.3 Å². The second-order valence-corrected chi connectivity index (χ2v) is 6.53. The van der Waals surface area contributed by atoms with Crippen molar-refractivity contribution in [1.29, 1.82) is 0 Å². The van der Waals surface area contributed by atoms with Gasteiger partial charge in [-0.3, -0.25) is 0 Å². The minimum atomic E-state index is 0.237. The average Bonchev–Trinajstić information content (AvgIpc) is 2.28. The van der Waals surface area contributed by atoms with Crippen LogP contribution < -0.4 is 4.74 Å². The summed E-state index contributed by atoms with van der Waals surface area (Å²) in [7, 11) is 0. The van der Waals surface area contributed by atoms with Crippen LogP contribution in [-0.2, 0) is 0 Å². The van der Waals surface area contributed by atoms with Gasteiger partial charge < -0.3 is 17.6 Å². The number of benzene rings is 1. The third-order valence-electron chi connectivity index (χ3n) is 1.34. The predicted octanol–water partition coefficient (Wildman–Crippen LogP) is 3.71. The first-order valence-electron chi connectivity index (χ1n) is 5.00. The first kappa shape index (κ1) is 14.3. The van der Waals surface area contributed by atoms with E-state index in [1.165, 1.54) is 4.55 Å². The highest BCUT2D eigenvalue weighted by molar-refractivity contribution is 9.23. The van der Waals surface area contributed by atoms with Gasteiger partial charge in [0.25, 0.3) is 0 Å². The molecule has 0 amide bonds. The number of halogens is 1. The monoisotopic (exact) mass is 267 g/mol. The van der Waals surface area contributed by atoms with Crippen LogP contribution in [0.2, 0.25) is 4.55 Å². The zero-order valence-electron chi connectivity index (χ0n) is 8.92. The minimum Gasteiger partial charge on any atom is -0.494 e. The van der Waals surface area contributed by atoms with Crippen LogP contribution in [0.25, 0.3) is 0 Å². The van der Waals surface area contributed by atoms with E-state index in [4.69, 9.17) is 4.74 Å². The standard InChI is InChI=1S/C9H11O.C2H5.BrH.Mg/c1-2-8-10-9-6-4-3-5-7-9;1-2;;/h3-4,6-7H,2,8H2,1H3;1H2,2H3;1H;/q;;;+1/p-1. The third kappa shape index (κ3) is 8.85. The predicted molar refractivity (Wildman–Crippen MR) is 66.2 cm³/mol. The Balaban J connectivity index is 0.000000364. The average molecular weight is 268 g/mol. The van der Waals surface area contributed by atoms with Crippen molar-refractivity contribution in [3.05, 3.63) is 30.3 Å². The van der Waals surface area contributed by atoms with E-state index >= 15 is 0 Å². The van der Waals surface area contributed by atoms with E-state index in [9.17, 15) is 0 Å². The van der Waals surface area contributed by atoms with Gasteiger partial charge in [0.1, 0.15) is 5.75 Å². The molecular formula is C11H16BrMgO. The number of hydrogen-bond donors (Lipinski definition) is 0. The molecule has 0 aliphatic heterocycles. The molecule has 0 saturated heterocycles. The third-order valence-corrected chi connectivity index (χ3v) is 4.10. The summed E-state index contributed by atoms with van der Waals surface area (Å²) in [5, 5.41) is 0. The summed E-state index contributed by atoms with van der Waals surface area (Å²) >= 11 is 3.62. The molecule has 0 saturated carbocycles. The minimum absolute atomic E-state index is 0.237. The SMILES string of the molecule is CCCOc1c[c]ccc1.C[CH2][Mg][Br]. The Kier molecular flexibility index (Phi) is 11.6. The van der Waals surface area contributed by atoms with Crippen molar-refractivity contribution >= 4 is 31.1 Å². The smallest absolute Gasteiger partial charge is 0.468 e. The summed E-state index contributed by atoms with van der Waals surface area (Å²) in [6.07, 6.45) is 1.05. The second-order valence-electron chi connectivity index (χ2n) is 2.78. The molecule has 0 unspecified atom stereocenters. The van der Waals surface area contributed by atoms with E-state index in [0.717, 1.165) is 18.8 Å². The van der Waals surface area contributed by atoms with Crippen molar-refractivity contribution in [3.8, 4) is 5.75 Å². The van der Waals surface area contributed by atoms with Crippen molar-refractivity contribution in [2.45, 2.75) is 24.8 Å². The number of hydrogen-bond acceptors (Lipinski definition) is 1. The fraction of sp³-hybridized carbons (Fsp3) is 0.455. The molecule has 0 spiro atoms. The maximum absolute atomic E-state index is 5.32.